The number of carbonyl (C=O) groups excluding carboxylic acids is 1. The molecule has 1 N–H and O–H groups in total. The molecule has 0 aromatic heterocycles. The lowest BCUT2D eigenvalue weighted by molar-refractivity contribution is 0.0238. The van der Waals surface area contributed by atoms with Gasteiger partial charge < -0.3 is 9.84 Å². The minimum Gasteiger partial charge on any atom is -0.478 e. The molecule has 0 fully saturated rings. The van der Waals surface area contributed by atoms with Crippen LogP contribution in [0, 0.1) is 12.8 Å². The average Bonchev–Trinajstić information content (AvgIpc) is 2.48. The number of esters is 1. The van der Waals surface area contributed by atoms with Gasteiger partial charge in [0.2, 0.25) is 0 Å². The Bertz CT molecular complexity index is 534. The molecule has 23 heavy (non-hydrogen) atoms. The molecule has 0 aliphatic heterocycles. The molecule has 0 heterocycles. The molecule has 0 saturated carbocycles. The van der Waals surface area contributed by atoms with Gasteiger partial charge in [0.05, 0.1) is 11.1 Å². The van der Waals surface area contributed by atoms with Crippen molar-refractivity contribution in [2.45, 2.75) is 65.9 Å². The predicted octanol–water partition coefficient (Wildman–Crippen LogP) is 4.85. The summed E-state index contributed by atoms with van der Waals surface area (Å²) < 4.78 is 5.63. The second-order valence-corrected chi connectivity index (χ2v) is 6.44. The quantitative estimate of drug-likeness (QED) is 0.661. The van der Waals surface area contributed by atoms with E-state index in [0.29, 0.717) is 11.5 Å². The van der Waals surface area contributed by atoms with Gasteiger partial charge in [-0.3, -0.25) is 0 Å². The number of carboxylic acids is 1. The van der Waals surface area contributed by atoms with Crippen molar-refractivity contribution in [3.63, 3.8) is 0 Å². The number of carboxylic acid groups (broad SMARTS) is 1. The third kappa shape index (κ3) is 6.05. The van der Waals surface area contributed by atoms with Gasteiger partial charge in [0.1, 0.15) is 6.10 Å². The molecule has 1 unspecified atom stereocenters. The molecule has 1 rings (SSSR count). The number of unbranched alkanes of at least 4 members (excludes halogenated alkanes) is 1. The predicted molar refractivity (Wildman–Crippen MR) is 90.9 cm³/mol. The highest BCUT2D eigenvalue weighted by molar-refractivity contribution is 6.03. The van der Waals surface area contributed by atoms with Gasteiger partial charge in [-0.2, -0.15) is 0 Å². The van der Waals surface area contributed by atoms with E-state index in [0.717, 1.165) is 32.1 Å². The zero-order valence-electron chi connectivity index (χ0n) is 14.6. The van der Waals surface area contributed by atoms with Gasteiger partial charge in [-0.1, -0.05) is 45.7 Å². The smallest absolute Gasteiger partial charge is 0.339 e. The summed E-state index contributed by atoms with van der Waals surface area (Å²) in [6.07, 6.45) is 4.52. The summed E-state index contributed by atoms with van der Waals surface area (Å²) in [4.78, 5) is 23.9. The van der Waals surface area contributed by atoms with Crippen molar-refractivity contribution < 1.29 is 19.4 Å². The Balaban J connectivity index is 2.89. The molecule has 0 bridgehead atoms. The second-order valence-electron chi connectivity index (χ2n) is 6.44. The number of ether oxygens (including phenoxy) is 1. The van der Waals surface area contributed by atoms with E-state index in [1.165, 1.54) is 6.07 Å². The largest absolute Gasteiger partial charge is 0.478 e. The minimum atomic E-state index is -1.10. The molecule has 0 aliphatic rings. The molecule has 4 heteroatoms. The molecule has 0 amide bonds. The molecule has 0 aliphatic carbocycles. The number of benzene rings is 1. The molecule has 128 valence electrons. The van der Waals surface area contributed by atoms with Crippen LogP contribution in [0.5, 0.6) is 0 Å². The van der Waals surface area contributed by atoms with Gasteiger partial charge in [0.25, 0.3) is 0 Å². The average molecular weight is 320 g/mol. The minimum absolute atomic E-state index is 0.0376. The Morgan fingerprint density at radius 3 is 2.43 bits per heavy atom. The van der Waals surface area contributed by atoms with Gasteiger partial charge in [-0.25, -0.2) is 9.59 Å². The van der Waals surface area contributed by atoms with Crippen molar-refractivity contribution in [3.8, 4) is 0 Å². The van der Waals surface area contributed by atoms with Gasteiger partial charge in [0, 0.05) is 0 Å². The molecule has 1 aromatic carbocycles. The Kier molecular flexibility index (Phi) is 7.79. The highest BCUT2D eigenvalue weighted by Crippen LogP contribution is 2.20. The number of hydrogen-bond acceptors (Lipinski definition) is 3. The SMILES string of the molecule is CCCCC(CCC(C)C)OC(=O)c1cccc(C)c1C(=O)O. The van der Waals surface area contributed by atoms with Crippen LogP contribution in [-0.4, -0.2) is 23.1 Å². The van der Waals surface area contributed by atoms with Crippen LogP contribution in [0.4, 0.5) is 0 Å². The first-order valence-electron chi connectivity index (χ1n) is 8.40. The van der Waals surface area contributed by atoms with E-state index in [1.807, 2.05) is 0 Å². The van der Waals surface area contributed by atoms with Crippen LogP contribution in [0.15, 0.2) is 18.2 Å². The van der Waals surface area contributed by atoms with Crippen LogP contribution in [0.2, 0.25) is 0 Å². The molecule has 1 aromatic rings. The standard InChI is InChI=1S/C19H28O4/c1-5-6-9-15(12-11-13(2)3)23-19(22)16-10-7-8-14(4)17(16)18(20)21/h7-8,10,13,15H,5-6,9,11-12H2,1-4H3,(H,20,21). The molecular weight excluding hydrogens is 292 g/mol. The van der Waals surface area contributed by atoms with E-state index in [9.17, 15) is 14.7 Å². The van der Waals surface area contributed by atoms with Crippen molar-refractivity contribution in [3.05, 3.63) is 34.9 Å². The third-order valence-corrected chi connectivity index (χ3v) is 3.93. The molecule has 4 nitrogen and oxygen atoms in total. The van der Waals surface area contributed by atoms with Gasteiger partial charge >= 0.3 is 11.9 Å². The van der Waals surface area contributed by atoms with Crippen molar-refractivity contribution in [2.75, 3.05) is 0 Å². The van der Waals surface area contributed by atoms with Crippen LogP contribution in [0.25, 0.3) is 0 Å². The monoisotopic (exact) mass is 320 g/mol. The fourth-order valence-corrected chi connectivity index (χ4v) is 2.55. The topological polar surface area (TPSA) is 63.6 Å². The third-order valence-electron chi connectivity index (χ3n) is 3.93. The summed E-state index contributed by atoms with van der Waals surface area (Å²) in [6.45, 7) is 8.07. The Morgan fingerprint density at radius 2 is 1.87 bits per heavy atom. The van der Waals surface area contributed by atoms with Crippen LogP contribution >= 0.6 is 0 Å². The summed E-state index contributed by atoms with van der Waals surface area (Å²) in [5.41, 5.74) is 0.749. The Hall–Kier alpha value is -1.84. The molecular formula is C19H28O4. The maximum atomic E-state index is 12.5. The zero-order valence-corrected chi connectivity index (χ0v) is 14.6. The van der Waals surface area contributed by atoms with Crippen LogP contribution in [-0.2, 0) is 4.74 Å². The first-order chi connectivity index (χ1) is 10.9. The number of hydrogen-bond donors (Lipinski definition) is 1. The highest BCUT2D eigenvalue weighted by atomic mass is 16.5. The van der Waals surface area contributed by atoms with Gasteiger partial charge in [-0.05, 0) is 43.7 Å². The lowest BCUT2D eigenvalue weighted by Crippen LogP contribution is -2.21. The van der Waals surface area contributed by atoms with E-state index in [-0.39, 0.29) is 17.2 Å². The van der Waals surface area contributed by atoms with Crippen LogP contribution in [0.1, 0.15) is 79.2 Å². The molecule has 1 atom stereocenters. The Labute approximate surface area is 138 Å². The van der Waals surface area contributed by atoms with Gasteiger partial charge in [-0.15, -0.1) is 0 Å². The van der Waals surface area contributed by atoms with E-state index in [1.54, 1.807) is 19.1 Å². The van der Waals surface area contributed by atoms with Crippen molar-refractivity contribution in [1.29, 1.82) is 0 Å². The number of aryl methyl sites for hydroxylation is 1. The maximum absolute atomic E-state index is 12.5. The lowest BCUT2D eigenvalue weighted by Gasteiger charge is -2.19. The summed E-state index contributed by atoms with van der Waals surface area (Å²) >= 11 is 0. The second kappa shape index (κ2) is 9.33. The first-order valence-corrected chi connectivity index (χ1v) is 8.40. The fourth-order valence-electron chi connectivity index (χ4n) is 2.55. The van der Waals surface area contributed by atoms with Crippen LogP contribution in [0.3, 0.4) is 0 Å². The molecule has 0 saturated heterocycles. The van der Waals surface area contributed by atoms with E-state index in [2.05, 4.69) is 20.8 Å². The molecule has 0 spiro atoms. The summed E-state index contributed by atoms with van der Waals surface area (Å²) in [5, 5.41) is 9.34. The lowest BCUT2D eigenvalue weighted by atomic mass is 10.0. The van der Waals surface area contributed by atoms with E-state index >= 15 is 0 Å². The normalized spacial score (nSPS) is 12.2. The summed E-state index contributed by atoms with van der Waals surface area (Å²) in [6, 6.07) is 4.90. The van der Waals surface area contributed by atoms with Crippen molar-refractivity contribution >= 4 is 11.9 Å². The highest BCUT2D eigenvalue weighted by Gasteiger charge is 2.22. The van der Waals surface area contributed by atoms with Crippen molar-refractivity contribution in [2.24, 2.45) is 5.92 Å². The number of carbonyl (C=O) groups is 2. The number of rotatable bonds is 9. The van der Waals surface area contributed by atoms with E-state index in [4.69, 9.17) is 4.74 Å². The summed E-state index contributed by atoms with van der Waals surface area (Å²) in [5.74, 6) is -1.08. The number of aromatic carboxylic acids is 1. The van der Waals surface area contributed by atoms with Crippen molar-refractivity contribution in [1.82, 2.24) is 0 Å². The zero-order chi connectivity index (χ0) is 17.4. The Morgan fingerprint density at radius 1 is 1.17 bits per heavy atom. The maximum Gasteiger partial charge on any atom is 0.339 e. The molecule has 0 radical (unpaired) electrons. The fraction of sp³-hybridized carbons (Fsp3) is 0.579. The van der Waals surface area contributed by atoms with Gasteiger partial charge in [0.15, 0.2) is 0 Å². The van der Waals surface area contributed by atoms with E-state index < -0.39 is 11.9 Å². The summed E-state index contributed by atoms with van der Waals surface area (Å²) in [7, 11) is 0. The van der Waals surface area contributed by atoms with Crippen LogP contribution < -0.4 is 0 Å². The first kappa shape index (κ1) is 19.2.